The Morgan fingerprint density at radius 3 is 3.26 bits per heavy atom. The number of methoxy groups -OCH3 is 1. The molecule has 5 nitrogen and oxygen atoms in total. The zero-order valence-corrected chi connectivity index (χ0v) is 11.3. The van der Waals surface area contributed by atoms with Gasteiger partial charge in [0.2, 0.25) is 11.8 Å². The third-order valence-corrected chi connectivity index (χ3v) is 3.44. The number of nitrogens with one attached hydrogen (secondary N) is 2. The fraction of sp³-hybridized carbons (Fsp3) is 0.571. The highest BCUT2D eigenvalue weighted by Gasteiger charge is 2.15. The molecule has 0 bridgehead atoms. The van der Waals surface area contributed by atoms with E-state index in [-0.39, 0.29) is 5.91 Å². The van der Waals surface area contributed by atoms with Gasteiger partial charge in [-0.05, 0) is 43.5 Å². The lowest BCUT2D eigenvalue weighted by atomic mass is 10.0. The van der Waals surface area contributed by atoms with Crippen LogP contribution >= 0.6 is 0 Å². The minimum absolute atomic E-state index is 0.114. The van der Waals surface area contributed by atoms with Crippen LogP contribution in [0.25, 0.3) is 0 Å². The van der Waals surface area contributed by atoms with E-state index in [0.29, 0.717) is 24.8 Å². The first-order chi connectivity index (χ1) is 9.28. The van der Waals surface area contributed by atoms with Gasteiger partial charge in [0.25, 0.3) is 0 Å². The summed E-state index contributed by atoms with van der Waals surface area (Å²) in [5.41, 5.74) is 1.00. The summed E-state index contributed by atoms with van der Waals surface area (Å²) in [6.45, 7) is 2.67. The molecule has 19 heavy (non-hydrogen) atoms. The van der Waals surface area contributed by atoms with Gasteiger partial charge in [0, 0.05) is 25.2 Å². The first-order valence-corrected chi connectivity index (χ1v) is 6.74. The van der Waals surface area contributed by atoms with E-state index in [1.807, 2.05) is 12.1 Å². The molecule has 1 aliphatic rings. The summed E-state index contributed by atoms with van der Waals surface area (Å²) in [4.78, 5) is 15.8. The van der Waals surface area contributed by atoms with Crippen molar-refractivity contribution in [3.05, 3.63) is 23.9 Å². The molecule has 1 aromatic heterocycles. The standard InChI is InChI=1S/C14H21N3O2/c1-19-14-8-12(5-7-16-14)10-17-13(18)3-2-11-4-6-15-9-11/h5,7-8,11,15H,2-4,6,9-10H2,1H3,(H,17,18). The number of ether oxygens (including phenoxy) is 1. The summed E-state index contributed by atoms with van der Waals surface area (Å²) in [6, 6.07) is 3.71. The maximum Gasteiger partial charge on any atom is 0.220 e. The first-order valence-electron chi connectivity index (χ1n) is 6.74. The molecule has 1 amide bonds. The summed E-state index contributed by atoms with van der Waals surface area (Å²) in [6.07, 6.45) is 4.45. The topological polar surface area (TPSA) is 63.2 Å². The normalized spacial score (nSPS) is 18.3. The van der Waals surface area contributed by atoms with E-state index in [1.54, 1.807) is 13.3 Å². The Kier molecular flexibility index (Phi) is 5.15. The van der Waals surface area contributed by atoms with Gasteiger partial charge in [-0.3, -0.25) is 4.79 Å². The number of hydrogen-bond donors (Lipinski definition) is 2. The van der Waals surface area contributed by atoms with Gasteiger partial charge in [-0.2, -0.15) is 0 Å². The van der Waals surface area contributed by atoms with Crippen LogP contribution in [0.1, 0.15) is 24.8 Å². The van der Waals surface area contributed by atoms with Crippen molar-refractivity contribution in [2.24, 2.45) is 5.92 Å². The zero-order chi connectivity index (χ0) is 13.5. The predicted octanol–water partition coefficient (Wildman–Crippen LogP) is 1.10. The number of carbonyl (C=O) groups excluding carboxylic acids is 1. The van der Waals surface area contributed by atoms with E-state index in [1.165, 1.54) is 6.42 Å². The molecular weight excluding hydrogens is 242 g/mol. The van der Waals surface area contributed by atoms with Crippen LogP contribution in [0.4, 0.5) is 0 Å². The minimum Gasteiger partial charge on any atom is -0.481 e. The first kappa shape index (κ1) is 13.8. The second-order valence-electron chi connectivity index (χ2n) is 4.88. The van der Waals surface area contributed by atoms with Crippen molar-refractivity contribution in [2.75, 3.05) is 20.2 Å². The molecule has 104 valence electrons. The summed E-state index contributed by atoms with van der Waals surface area (Å²) in [5, 5.41) is 6.25. The third-order valence-electron chi connectivity index (χ3n) is 3.44. The maximum absolute atomic E-state index is 11.7. The number of pyridine rings is 1. The number of nitrogens with zero attached hydrogens (tertiary/aromatic N) is 1. The Morgan fingerprint density at radius 1 is 1.63 bits per heavy atom. The highest BCUT2D eigenvalue weighted by molar-refractivity contribution is 5.75. The van der Waals surface area contributed by atoms with Gasteiger partial charge in [0.05, 0.1) is 7.11 Å². The van der Waals surface area contributed by atoms with Gasteiger partial charge in [0.15, 0.2) is 0 Å². The van der Waals surface area contributed by atoms with Crippen molar-refractivity contribution in [2.45, 2.75) is 25.8 Å². The molecule has 0 spiro atoms. The molecule has 1 aliphatic heterocycles. The molecule has 2 N–H and O–H groups in total. The summed E-state index contributed by atoms with van der Waals surface area (Å²) >= 11 is 0. The summed E-state index contributed by atoms with van der Waals surface area (Å²) in [5.74, 6) is 1.35. The Morgan fingerprint density at radius 2 is 2.53 bits per heavy atom. The van der Waals surface area contributed by atoms with Crippen LogP contribution in [0, 0.1) is 5.92 Å². The molecule has 1 aromatic rings. The number of amides is 1. The fourth-order valence-corrected chi connectivity index (χ4v) is 2.26. The molecule has 0 aromatic carbocycles. The number of aromatic nitrogens is 1. The average molecular weight is 263 g/mol. The number of rotatable bonds is 6. The van der Waals surface area contributed by atoms with E-state index in [0.717, 1.165) is 25.1 Å². The molecule has 5 heteroatoms. The smallest absolute Gasteiger partial charge is 0.220 e. The van der Waals surface area contributed by atoms with Gasteiger partial charge in [-0.15, -0.1) is 0 Å². The van der Waals surface area contributed by atoms with Gasteiger partial charge in [-0.25, -0.2) is 4.98 Å². The predicted molar refractivity (Wildman–Crippen MR) is 72.8 cm³/mol. The zero-order valence-electron chi connectivity index (χ0n) is 11.3. The maximum atomic E-state index is 11.7. The highest BCUT2D eigenvalue weighted by Crippen LogP contribution is 2.14. The molecule has 2 heterocycles. The van der Waals surface area contributed by atoms with Gasteiger partial charge >= 0.3 is 0 Å². The van der Waals surface area contributed by atoms with Crippen LogP contribution in [0.5, 0.6) is 5.88 Å². The fourth-order valence-electron chi connectivity index (χ4n) is 2.26. The van der Waals surface area contributed by atoms with E-state index in [2.05, 4.69) is 15.6 Å². The van der Waals surface area contributed by atoms with Crippen molar-refractivity contribution in [3.8, 4) is 5.88 Å². The van der Waals surface area contributed by atoms with Crippen LogP contribution in [0.2, 0.25) is 0 Å². The van der Waals surface area contributed by atoms with Crippen molar-refractivity contribution < 1.29 is 9.53 Å². The monoisotopic (exact) mass is 263 g/mol. The van der Waals surface area contributed by atoms with Crippen LogP contribution in [-0.4, -0.2) is 31.1 Å². The average Bonchev–Trinajstić information content (AvgIpc) is 2.96. The van der Waals surface area contributed by atoms with Gasteiger partial charge in [-0.1, -0.05) is 0 Å². The van der Waals surface area contributed by atoms with Crippen molar-refractivity contribution in [1.82, 2.24) is 15.6 Å². The van der Waals surface area contributed by atoms with Crippen molar-refractivity contribution >= 4 is 5.91 Å². The van der Waals surface area contributed by atoms with E-state index in [4.69, 9.17) is 4.74 Å². The van der Waals surface area contributed by atoms with Crippen molar-refractivity contribution in [3.63, 3.8) is 0 Å². The molecule has 1 unspecified atom stereocenters. The largest absolute Gasteiger partial charge is 0.481 e. The molecule has 1 atom stereocenters. The lowest BCUT2D eigenvalue weighted by Crippen LogP contribution is -2.23. The second-order valence-corrected chi connectivity index (χ2v) is 4.88. The Labute approximate surface area is 113 Å². The van der Waals surface area contributed by atoms with Crippen LogP contribution in [-0.2, 0) is 11.3 Å². The molecule has 0 saturated carbocycles. The van der Waals surface area contributed by atoms with E-state index in [9.17, 15) is 4.79 Å². The third kappa shape index (κ3) is 4.52. The summed E-state index contributed by atoms with van der Waals surface area (Å²) < 4.78 is 5.05. The van der Waals surface area contributed by atoms with E-state index >= 15 is 0 Å². The Balaban J connectivity index is 1.70. The lowest BCUT2D eigenvalue weighted by Gasteiger charge is -2.09. The second kappa shape index (κ2) is 7.09. The summed E-state index contributed by atoms with van der Waals surface area (Å²) in [7, 11) is 1.58. The molecule has 2 rings (SSSR count). The van der Waals surface area contributed by atoms with Crippen molar-refractivity contribution in [1.29, 1.82) is 0 Å². The molecule has 0 aliphatic carbocycles. The Hall–Kier alpha value is -1.62. The molecule has 1 fully saturated rings. The highest BCUT2D eigenvalue weighted by atomic mass is 16.5. The quantitative estimate of drug-likeness (QED) is 0.806. The minimum atomic E-state index is 0.114. The molecule has 0 radical (unpaired) electrons. The molecule has 1 saturated heterocycles. The number of hydrogen-bond acceptors (Lipinski definition) is 4. The molecular formula is C14H21N3O2. The van der Waals surface area contributed by atoms with Gasteiger partial charge in [0.1, 0.15) is 0 Å². The lowest BCUT2D eigenvalue weighted by molar-refractivity contribution is -0.121. The number of carbonyl (C=O) groups is 1. The SMILES string of the molecule is COc1cc(CNC(=O)CCC2CCNC2)ccn1. The van der Waals surface area contributed by atoms with Crippen LogP contribution < -0.4 is 15.4 Å². The van der Waals surface area contributed by atoms with Crippen LogP contribution in [0.15, 0.2) is 18.3 Å². The Bertz CT molecular complexity index is 417. The van der Waals surface area contributed by atoms with Crippen LogP contribution in [0.3, 0.4) is 0 Å². The van der Waals surface area contributed by atoms with E-state index < -0.39 is 0 Å². The van der Waals surface area contributed by atoms with Gasteiger partial charge < -0.3 is 15.4 Å².